The minimum atomic E-state index is -0.240. The van der Waals surface area contributed by atoms with Crippen LogP contribution in [0.25, 0.3) is 0 Å². The van der Waals surface area contributed by atoms with E-state index in [4.69, 9.17) is 0 Å². The minimum Gasteiger partial charge on any atom is -0.348 e. The Kier molecular flexibility index (Phi) is 5.52. The number of aryl methyl sites for hydroxylation is 2. The Hall–Kier alpha value is -2.62. The van der Waals surface area contributed by atoms with E-state index in [1.807, 2.05) is 63.2 Å². The lowest BCUT2D eigenvalue weighted by Crippen LogP contribution is -2.38. The van der Waals surface area contributed by atoms with Gasteiger partial charge in [-0.05, 0) is 49.6 Å². The zero-order valence-corrected chi connectivity index (χ0v) is 13.7. The fourth-order valence-electron chi connectivity index (χ4n) is 2.26. The monoisotopic (exact) mass is 310 g/mol. The molecule has 0 aliphatic rings. The molecule has 0 aromatic heterocycles. The van der Waals surface area contributed by atoms with Gasteiger partial charge in [-0.2, -0.15) is 0 Å². The van der Waals surface area contributed by atoms with Gasteiger partial charge >= 0.3 is 0 Å². The Balaban J connectivity index is 1.86. The van der Waals surface area contributed by atoms with Crippen molar-refractivity contribution < 1.29 is 9.59 Å². The summed E-state index contributed by atoms with van der Waals surface area (Å²) in [7, 11) is 0. The van der Waals surface area contributed by atoms with Gasteiger partial charge in [-0.25, -0.2) is 0 Å². The van der Waals surface area contributed by atoms with Crippen LogP contribution in [-0.4, -0.2) is 18.4 Å². The van der Waals surface area contributed by atoms with Crippen molar-refractivity contribution in [1.82, 2.24) is 10.6 Å². The number of carbonyl (C=O) groups is 2. The molecule has 0 aliphatic carbocycles. The first-order valence-corrected chi connectivity index (χ1v) is 7.67. The highest BCUT2D eigenvalue weighted by Crippen LogP contribution is 2.11. The molecule has 120 valence electrons. The summed E-state index contributed by atoms with van der Waals surface area (Å²) in [6.45, 7) is 5.83. The second kappa shape index (κ2) is 7.58. The first kappa shape index (κ1) is 16.7. The number of benzene rings is 2. The molecule has 0 heterocycles. The second-order valence-corrected chi connectivity index (χ2v) is 5.68. The van der Waals surface area contributed by atoms with Crippen LogP contribution in [-0.2, 0) is 4.79 Å². The predicted molar refractivity (Wildman–Crippen MR) is 91.2 cm³/mol. The average molecular weight is 310 g/mol. The average Bonchev–Trinajstić information content (AvgIpc) is 2.56. The number of rotatable bonds is 5. The van der Waals surface area contributed by atoms with Crippen molar-refractivity contribution in [2.24, 2.45) is 0 Å². The first-order valence-electron chi connectivity index (χ1n) is 7.67. The molecule has 0 saturated carbocycles. The highest BCUT2D eigenvalue weighted by molar-refractivity contribution is 5.96. The summed E-state index contributed by atoms with van der Waals surface area (Å²) in [4.78, 5) is 24.0. The number of carbonyl (C=O) groups excluding carboxylic acids is 2. The molecule has 4 heteroatoms. The number of hydrogen-bond donors (Lipinski definition) is 2. The Morgan fingerprint density at radius 2 is 1.70 bits per heavy atom. The lowest BCUT2D eigenvalue weighted by Gasteiger charge is -2.14. The molecule has 0 aliphatic heterocycles. The number of amides is 2. The van der Waals surface area contributed by atoms with Crippen LogP contribution < -0.4 is 10.6 Å². The molecule has 0 saturated heterocycles. The second-order valence-electron chi connectivity index (χ2n) is 5.68. The van der Waals surface area contributed by atoms with Crippen LogP contribution in [0.3, 0.4) is 0 Å². The number of hydrogen-bond acceptors (Lipinski definition) is 2. The Morgan fingerprint density at radius 3 is 2.35 bits per heavy atom. The van der Waals surface area contributed by atoms with E-state index in [9.17, 15) is 9.59 Å². The van der Waals surface area contributed by atoms with Crippen molar-refractivity contribution in [3.8, 4) is 0 Å². The van der Waals surface area contributed by atoms with E-state index in [2.05, 4.69) is 10.6 Å². The maximum Gasteiger partial charge on any atom is 0.251 e. The SMILES string of the molecule is Cc1ccc(C(=O)NCC(=O)N[C@H](C)c2ccccc2)cc1C. The van der Waals surface area contributed by atoms with Gasteiger partial charge in [-0.3, -0.25) is 9.59 Å². The summed E-state index contributed by atoms with van der Waals surface area (Å²) in [5, 5.41) is 5.52. The van der Waals surface area contributed by atoms with E-state index in [-0.39, 0.29) is 24.4 Å². The largest absolute Gasteiger partial charge is 0.348 e. The highest BCUT2D eigenvalue weighted by atomic mass is 16.2. The molecule has 23 heavy (non-hydrogen) atoms. The molecule has 2 N–H and O–H groups in total. The molecule has 2 aromatic rings. The van der Waals surface area contributed by atoms with Crippen molar-refractivity contribution >= 4 is 11.8 Å². The summed E-state index contributed by atoms with van der Waals surface area (Å²) in [6.07, 6.45) is 0. The molecule has 2 aromatic carbocycles. The third kappa shape index (κ3) is 4.68. The molecule has 0 bridgehead atoms. The maximum absolute atomic E-state index is 12.1. The van der Waals surface area contributed by atoms with E-state index in [1.165, 1.54) is 0 Å². The van der Waals surface area contributed by atoms with Crippen LogP contribution in [0.2, 0.25) is 0 Å². The smallest absolute Gasteiger partial charge is 0.251 e. The van der Waals surface area contributed by atoms with E-state index in [0.717, 1.165) is 16.7 Å². The summed E-state index contributed by atoms with van der Waals surface area (Å²) in [5.41, 5.74) is 3.79. The van der Waals surface area contributed by atoms with E-state index in [1.54, 1.807) is 6.07 Å². The van der Waals surface area contributed by atoms with Gasteiger partial charge < -0.3 is 10.6 Å². The van der Waals surface area contributed by atoms with Gasteiger partial charge in [0.05, 0.1) is 12.6 Å². The third-order valence-electron chi connectivity index (χ3n) is 3.86. The van der Waals surface area contributed by atoms with Gasteiger partial charge in [-0.1, -0.05) is 36.4 Å². The quantitative estimate of drug-likeness (QED) is 0.892. The minimum absolute atomic E-state index is 0.0388. The van der Waals surface area contributed by atoms with Gasteiger partial charge in [0.1, 0.15) is 0 Å². The van der Waals surface area contributed by atoms with Crippen molar-refractivity contribution in [3.63, 3.8) is 0 Å². The van der Waals surface area contributed by atoms with Gasteiger partial charge in [0, 0.05) is 5.56 Å². The fourth-order valence-corrected chi connectivity index (χ4v) is 2.26. The van der Waals surface area contributed by atoms with Gasteiger partial charge in [-0.15, -0.1) is 0 Å². The molecule has 2 rings (SSSR count). The van der Waals surface area contributed by atoms with Crippen LogP contribution in [0.1, 0.15) is 40.0 Å². The highest BCUT2D eigenvalue weighted by Gasteiger charge is 2.11. The van der Waals surface area contributed by atoms with E-state index in [0.29, 0.717) is 5.56 Å². The predicted octanol–water partition coefficient (Wildman–Crippen LogP) is 2.91. The Morgan fingerprint density at radius 1 is 1.00 bits per heavy atom. The van der Waals surface area contributed by atoms with E-state index < -0.39 is 0 Å². The molecule has 0 radical (unpaired) electrons. The van der Waals surface area contributed by atoms with Crippen LogP contribution in [0.15, 0.2) is 48.5 Å². The summed E-state index contributed by atoms with van der Waals surface area (Å²) in [5.74, 6) is -0.450. The zero-order valence-electron chi connectivity index (χ0n) is 13.7. The van der Waals surface area contributed by atoms with Gasteiger partial charge in [0.15, 0.2) is 0 Å². The number of nitrogens with one attached hydrogen (secondary N) is 2. The lowest BCUT2D eigenvalue weighted by molar-refractivity contribution is -0.120. The molecule has 0 spiro atoms. The molecule has 0 fully saturated rings. The van der Waals surface area contributed by atoms with Gasteiger partial charge in [0.2, 0.25) is 5.91 Å². The van der Waals surface area contributed by atoms with Crippen LogP contribution >= 0.6 is 0 Å². The normalized spacial score (nSPS) is 11.6. The molecule has 2 amide bonds. The third-order valence-corrected chi connectivity index (χ3v) is 3.86. The van der Waals surface area contributed by atoms with Crippen molar-refractivity contribution in [2.45, 2.75) is 26.8 Å². The van der Waals surface area contributed by atoms with Crippen LogP contribution in [0.4, 0.5) is 0 Å². The molecular formula is C19H22N2O2. The van der Waals surface area contributed by atoms with E-state index >= 15 is 0 Å². The lowest BCUT2D eigenvalue weighted by atomic mass is 10.1. The Bertz CT molecular complexity index is 696. The first-order chi connectivity index (χ1) is 11.0. The standard InChI is InChI=1S/C19H22N2O2/c1-13-9-10-17(11-14(13)2)19(23)20-12-18(22)21-15(3)16-7-5-4-6-8-16/h4-11,15H,12H2,1-3H3,(H,20,23)(H,21,22)/t15-/m1/s1. The van der Waals surface area contributed by atoms with Crippen molar-refractivity contribution in [2.75, 3.05) is 6.54 Å². The fraction of sp³-hybridized carbons (Fsp3) is 0.263. The molecule has 1 atom stereocenters. The van der Waals surface area contributed by atoms with Crippen LogP contribution in [0, 0.1) is 13.8 Å². The summed E-state index contributed by atoms with van der Waals surface area (Å²) < 4.78 is 0. The Labute approximate surface area is 136 Å². The van der Waals surface area contributed by atoms with Gasteiger partial charge in [0.25, 0.3) is 5.91 Å². The maximum atomic E-state index is 12.1. The summed E-state index contributed by atoms with van der Waals surface area (Å²) >= 11 is 0. The van der Waals surface area contributed by atoms with Crippen molar-refractivity contribution in [3.05, 3.63) is 70.8 Å². The van der Waals surface area contributed by atoms with Crippen molar-refractivity contribution in [1.29, 1.82) is 0 Å². The molecule has 4 nitrogen and oxygen atoms in total. The molecule has 0 unspecified atom stereocenters. The molecular weight excluding hydrogens is 288 g/mol. The topological polar surface area (TPSA) is 58.2 Å². The van der Waals surface area contributed by atoms with Crippen LogP contribution in [0.5, 0.6) is 0 Å². The summed E-state index contributed by atoms with van der Waals surface area (Å²) in [6, 6.07) is 15.1. The zero-order chi connectivity index (χ0) is 16.8.